The van der Waals surface area contributed by atoms with Crippen molar-refractivity contribution in [3.8, 4) is 0 Å². The summed E-state index contributed by atoms with van der Waals surface area (Å²) >= 11 is 0. The maximum atomic E-state index is 12.0. The lowest BCUT2D eigenvalue weighted by atomic mass is 10.1. The van der Waals surface area contributed by atoms with Crippen LogP contribution in [0.2, 0.25) is 0 Å². The second kappa shape index (κ2) is 6.17. The smallest absolute Gasteiger partial charge is 0.238 e. The van der Waals surface area contributed by atoms with Gasteiger partial charge in [-0.15, -0.1) is 0 Å². The molecule has 0 radical (unpaired) electrons. The standard InChI is InChI=1S/C15H23N3O/c1-12-5-7-13(8-6-12)15-16-11-14(19)18(15)10-4-9-17(2)3/h5-8,15-16H,4,9-11H2,1-3H3. The predicted molar refractivity (Wildman–Crippen MR) is 76.8 cm³/mol. The minimum absolute atomic E-state index is 0.0373. The molecule has 104 valence electrons. The minimum atomic E-state index is 0.0373. The second-order valence-electron chi connectivity index (χ2n) is 5.44. The fourth-order valence-corrected chi connectivity index (χ4v) is 2.40. The van der Waals surface area contributed by atoms with E-state index in [1.807, 2.05) is 4.90 Å². The van der Waals surface area contributed by atoms with Gasteiger partial charge in [-0.05, 0) is 39.5 Å². The Kier molecular flexibility index (Phi) is 4.56. The highest BCUT2D eigenvalue weighted by Gasteiger charge is 2.30. The SMILES string of the molecule is Cc1ccc(C2NCC(=O)N2CCCN(C)C)cc1. The van der Waals surface area contributed by atoms with Crippen molar-refractivity contribution in [1.29, 1.82) is 0 Å². The summed E-state index contributed by atoms with van der Waals surface area (Å²) in [5, 5.41) is 3.29. The summed E-state index contributed by atoms with van der Waals surface area (Å²) < 4.78 is 0. The van der Waals surface area contributed by atoms with Crippen LogP contribution in [0.4, 0.5) is 0 Å². The van der Waals surface area contributed by atoms with Crippen molar-refractivity contribution in [2.75, 3.05) is 33.7 Å². The Hall–Kier alpha value is -1.39. The van der Waals surface area contributed by atoms with Crippen molar-refractivity contribution in [2.45, 2.75) is 19.5 Å². The van der Waals surface area contributed by atoms with Crippen molar-refractivity contribution in [3.63, 3.8) is 0 Å². The van der Waals surface area contributed by atoms with Crippen LogP contribution in [0.3, 0.4) is 0 Å². The van der Waals surface area contributed by atoms with Crippen molar-refractivity contribution in [1.82, 2.24) is 15.1 Å². The lowest BCUT2D eigenvalue weighted by Crippen LogP contribution is -2.32. The van der Waals surface area contributed by atoms with Crippen LogP contribution in [0.15, 0.2) is 24.3 Å². The van der Waals surface area contributed by atoms with Crippen molar-refractivity contribution in [2.24, 2.45) is 0 Å². The Morgan fingerprint density at radius 3 is 2.63 bits per heavy atom. The van der Waals surface area contributed by atoms with E-state index in [4.69, 9.17) is 0 Å². The first-order valence-electron chi connectivity index (χ1n) is 6.82. The van der Waals surface area contributed by atoms with E-state index in [0.29, 0.717) is 6.54 Å². The number of carbonyl (C=O) groups excluding carboxylic acids is 1. The van der Waals surface area contributed by atoms with Crippen LogP contribution < -0.4 is 5.32 Å². The number of carbonyl (C=O) groups is 1. The van der Waals surface area contributed by atoms with Gasteiger partial charge in [0.1, 0.15) is 6.17 Å². The van der Waals surface area contributed by atoms with Crippen LogP contribution >= 0.6 is 0 Å². The molecule has 2 rings (SSSR count). The molecule has 0 spiro atoms. The Labute approximate surface area is 115 Å². The summed E-state index contributed by atoms with van der Waals surface area (Å²) in [7, 11) is 4.11. The van der Waals surface area contributed by atoms with Crippen molar-refractivity contribution >= 4 is 5.91 Å². The molecule has 1 aromatic carbocycles. The summed E-state index contributed by atoms with van der Waals surface area (Å²) in [4.78, 5) is 16.1. The average Bonchev–Trinajstić information content (AvgIpc) is 2.72. The molecule has 1 saturated heterocycles. The molecular weight excluding hydrogens is 238 g/mol. The summed E-state index contributed by atoms with van der Waals surface area (Å²) in [5.74, 6) is 0.198. The Balaban J connectivity index is 2.02. The molecule has 0 aliphatic carbocycles. The molecule has 19 heavy (non-hydrogen) atoms. The lowest BCUT2D eigenvalue weighted by molar-refractivity contribution is -0.128. The van der Waals surface area contributed by atoms with E-state index in [0.717, 1.165) is 19.5 Å². The molecule has 1 heterocycles. The minimum Gasteiger partial charge on any atom is -0.322 e. The quantitative estimate of drug-likeness (QED) is 0.870. The maximum absolute atomic E-state index is 12.0. The number of amides is 1. The fourth-order valence-electron chi connectivity index (χ4n) is 2.40. The Bertz CT molecular complexity index is 428. The average molecular weight is 261 g/mol. The van der Waals surface area contributed by atoms with Crippen molar-refractivity contribution in [3.05, 3.63) is 35.4 Å². The van der Waals surface area contributed by atoms with E-state index in [9.17, 15) is 4.79 Å². The molecule has 1 aromatic rings. The molecule has 1 aliphatic heterocycles. The summed E-state index contributed by atoms with van der Waals surface area (Å²) in [6.07, 6.45) is 1.04. The number of nitrogens with zero attached hydrogens (tertiary/aromatic N) is 2. The van der Waals surface area contributed by atoms with Gasteiger partial charge < -0.3 is 9.80 Å². The lowest BCUT2D eigenvalue weighted by Gasteiger charge is -2.25. The zero-order chi connectivity index (χ0) is 13.8. The first-order chi connectivity index (χ1) is 9.08. The van der Waals surface area contributed by atoms with E-state index in [1.54, 1.807) is 0 Å². The summed E-state index contributed by atoms with van der Waals surface area (Å²) in [6, 6.07) is 8.39. The third-order valence-electron chi connectivity index (χ3n) is 3.48. The zero-order valence-electron chi connectivity index (χ0n) is 12.0. The highest BCUT2D eigenvalue weighted by atomic mass is 16.2. The van der Waals surface area contributed by atoms with Gasteiger partial charge in [-0.25, -0.2) is 0 Å². The number of aryl methyl sites for hydroxylation is 1. The topological polar surface area (TPSA) is 35.6 Å². The molecule has 0 aromatic heterocycles. The Morgan fingerprint density at radius 1 is 1.32 bits per heavy atom. The van der Waals surface area contributed by atoms with Gasteiger partial charge >= 0.3 is 0 Å². The highest BCUT2D eigenvalue weighted by Crippen LogP contribution is 2.22. The molecule has 1 amide bonds. The summed E-state index contributed by atoms with van der Waals surface area (Å²) in [6.45, 7) is 4.33. The van der Waals surface area contributed by atoms with Gasteiger partial charge in [0.15, 0.2) is 0 Å². The second-order valence-corrected chi connectivity index (χ2v) is 5.44. The number of nitrogens with one attached hydrogen (secondary N) is 1. The van der Waals surface area contributed by atoms with E-state index >= 15 is 0 Å². The normalized spacial score (nSPS) is 19.5. The largest absolute Gasteiger partial charge is 0.322 e. The first kappa shape index (κ1) is 14.0. The van der Waals surface area contributed by atoms with Crippen LogP contribution in [0, 0.1) is 6.92 Å². The van der Waals surface area contributed by atoms with Gasteiger partial charge in [0.2, 0.25) is 5.91 Å². The van der Waals surface area contributed by atoms with Gasteiger partial charge in [-0.1, -0.05) is 29.8 Å². The van der Waals surface area contributed by atoms with Gasteiger partial charge in [0.25, 0.3) is 0 Å². The third kappa shape index (κ3) is 3.55. The molecular formula is C15H23N3O. The van der Waals surface area contributed by atoms with E-state index in [-0.39, 0.29) is 12.1 Å². The van der Waals surface area contributed by atoms with Gasteiger partial charge in [-0.3, -0.25) is 10.1 Å². The molecule has 1 N–H and O–H groups in total. The number of hydrogen-bond acceptors (Lipinski definition) is 3. The third-order valence-corrected chi connectivity index (χ3v) is 3.48. The molecule has 4 heteroatoms. The monoisotopic (exact) mass is 261 g/mol. The first-order valence-corrected chi connectivity index (χ1v) is 6.82. The molecule has 4 nitrogen and oxygen atoms in total. The van der Waals surface area contributed by atoms with Gasteiger partial charge in [-0.2, -0.15) is 0 Å². The summed E-state index contributed by atoms with van der Waals surface area (Å²) in [5.41, 5.74) is 2.41. The molecule has 0 saturated carbocycles. The zero-order valence-corrected chi connectivity index (χ0v) is 12.0. The molecule has 1 fully saturated rings. The number of benzene rings is 1. The van der Waals surface area contributed by atoms with Crippen LogP contribution in [0.1, 0.15) is 23.7 Å². The Morgan fingerprint density at radius 2 is 2.00 bits per heavy atom. The number of rotatable bonds is 5. The van der Waals surface area contributed by atoms with Crippen LogP contribution in [-0.2, 0) is 4.79 Å². The predicted octanol–water partition coefficient (Wildman–Crippen LogP) is 1.38. The van der Waals surface area contributed by atoms with Crippen molar-refractivity contribution < 1.29 is 4.79 Å². The molecule has 0 bridgehead atoms. The van der Waals surface area contributed by atoms with Crippen LogP contribution in [0.5, 0.6) is 0 Å². The number of hydrogen-bond donors (Lipinski definition) is 1. The van der Waals surface area contributed by atoms with Crippen LogP contribution in [-0.4, -0.2) is 49.4 Å². The maximum Gasteiger partial charge on any atom is 0.238 e. The van der Waals surface area contributed by atoms with E-state index in [2.05, 4.69) is 55.5 Å². The van der Waals surface area contributed by atoms with Gasteiger partial charge in [0.05, 0.1) is 6.54 Å². The molecule has 1 atom stereocenters. The van der Waals surface area contributed by atoms with Crippen LogP contribution in [0.25, 0.3) is 0 Å². The van der Waals surface area contributed by atoms with E-state index in [1.165, 1.54) is 11.1 Å². The highest BCUT2D eigenvalue weighted by molar-refractivity contribution is 5.80. The molecule has 1 aliphatic rings. The fraction of sp³-hybridized carbons (Fsp3) is 0.533. The van der Waals surface area contributed by atoms with E-state index < -0.39 is 0 Å². The van der Waals surface area contributed by atoms with Gasteiger partial charge in [0, 0.05) is 6.54 Å². The molecule has 1 unspecified atom stereocenters.